The third kappa shape index (κ3) is 4.37. The monoisotopic (exact) mass is 299 g/mol. The fourth-order valence-corrected chi connectivity index (χ4v) is 2.73. The number of aliphatic hydroxyl groups excluding tert-OH is 1. The summed E-state index contributed by atoms with van der Waals surface area (Å²) < 4.78 is 5.21. The Morgan fingerprint density at radius 1 is 1.30 bits per heavy atom. The fraction of sp³-hybridized carbons (Fsp3) is 0.625. The Labute approximate surface area is 127 Å². The van der Waals surface area contributed by atoms with Crippen molar-refractivity contribution in [3.8, 4) is 0 Å². The van der Waals surface area contributed by atoms with Gasteiger partial charge in [0.1, 0.15) is 0 Å². The maximum atomic E-state index is 9.63. The molecule has 1 aromatic rings. The molecular weight excluding hydrogens is 274 g/mol. The molecule has 0 saturated heterocycles. The maximum Gasteiger partial charge on any atom is 0.0762 e. The Bertz CT molecular complexity index is 405. The Balaban J connectivity index is 3.06. The van der Waals surface area contributed by atoms with Crippen LogP contribution < -0.4 is 4.90 Å². The van der Waals surface area contributed by atoms with Crippen LogP contribution in [-0.4, -0.2) is 31.4 Å². The van der Waals surface area contributed by atoms with Gasteiger partial charge in [-0.2, -0.15) is 0 Å². The van der Waals surface area contributed by atoms with Crippen LogP contribution in [-0.2, 0) is 4.74 Å². The summed E-state index contributed by atoms with van der Waals surface area (Å²) in [7, 11) is 1.71. The summed E-state index contributed by atoms with van der Waals surface area (Å²) in [6.07, 6.45) is 1.63. The molecule has 1 atom stereocenters. The zero-order chi connectivity index (χ0) is 15.1. The second kappa shape index (κ2) is 8.50. The van der Waals surface area contributed by atoms with Gasteiger partial charge in [0.25, 0.3) is 0 Å². The number of aliphatic hydroxyl groups is 1. The molecule has 0 aromatic heterocycles. The van der Waals surface area contributed by atoms with Gasteiger partial charge < -0.3 is 14.7 Å². The van der Waals surface area contributed by atoms with E-state index in [-0.39, 0.29) is 0 Å². The van der Waals surface area contributed by atoms with Crippen molar-refractivity contribution in [2.75, 3.05) is 25.2 Å². The summed E-state index contributed by atoms with van der Waals surface area (Å²) in [5.74, 6) is 0. The SMILES string of the molecule is CCC(CC)N(CCOC)c1ccc(C(C)O)cc1Cl. The summed E-state index contributed by atoms with van der Waals surface area (Å²) in [6.45, 7) is 7.61. The van der Waals surface area contributed by atoms with Crippen LogP contribution in [0.25, 0.3) is 0 Å². The molecule has 114 valence electrons. The number of hydrogen-bond acceptors (Lipinski definition) is 3. The van der Waals surface area contributed by atoms with Crippen molar-refractivity contribution in [3.63, 3.8) is 0 Å². The number of hydrogen-bond donors (Lipinski definition) is 1. The highest BCUT2D eigenvalue weighted by Crippen LogP contribution is 2.31. The Morgan fingerprint density at radius 3 is 2.40 bits per heavy atom. The number of ether oxygens (including phenoxy) is 1. The number of nitrogens with zero attached hydrogens (tertiary/aromatic N) is 1. The minimum Gasteiger partial charge on any atom is -0.389 e. The minimum absolute atomic E-state index is 0.444. The molecule has 0 heterocycles. The van der Waals surface area contributed by atoms with Gasteiger partial charge in [-0.25, -0.2) is 0 Å². The molecular formula is C16H26ClNO2. The second-order valence-corrected chi connectivity index (χ2v) is 5.45. The van der Waals surface area contributed by atoms with E-state index in [0.29, 0.717) is 17.7 Å². The fourth-order valence-electron chi connectivity index (χ4n) is 2.43. The van der Waals surface area contributed by atoms with E-state index in [2.05, 4.69) is 18.7 Å². The Hall–Kier alpha value is -0.770. The lowest BCUT2D eigenvalue weighted by Crippen LogP contribution is -2.37. The van der Waals surface area contributed by atoms with Crippen LogP contribution >= 0.6 is 11.6 Å². The number of halogens is 1. The molecule has 0 fully saturated rings. The largest absolute Gasteiger partial charge is 0.389 e. The van der Waals surface area contributed by atoms with Crippen molar-refractivity contribution in [1.29, 1.82) is 0 Å². The van der Waals surface area contributed by atoms with E-state index < -0.39 is 6.10 Å². The number of rotatable bonds is 8. The molecule has 0 radical (unpaired) electrons. The average molecular weight is 300 g/mol. The standard InChI is InChI=1S/C16H26ClNO2/c1-5-14(6-2)18(9-10-20-4)16-8-7-13(12(3)19)11-15(16)17/h7-8,11-12,14,19H,5-6,9-10H2,1-4H3. The van der Waals surface area contributed by atoms with Gasteiger partial charge in [-0.15, -0.1) is 0 Å². The van der Waals surface area contributed by atoms with Crippen molar-refractivity contribution in [1.82, 2.24) is 0 Å². The first-order valence-corrected chi connectivity index (χ1v) is 7.65. The molecule has 20 heavy (non-hydrogen) atoms. The Morgan fingerprint density at radius 2 is 1.95 bits per heavy atom. The summed E-state index contributed by atoms with van der Waals surface area (Å²) in [4.78, 5) is 2.30. The van der Waals surface area contributed by atoms with E-state index in [0.717, 1.165) is 30.6 Å². The van der Waals surface area contributed by atoms with Gasteiger partial charge in [-0.1, -0.05) is 31.5 Å². The van der Waals surface area contributed by atoms with Gasteiger partial charge in [0, 0.05) is 19.7 Å². The van der Waals surface area contributed by atoms with Crippen LogP contribution in [0.4, 0.5) is 5.69 Å². The lowest BCUT2D eigenvalue weighted by molar-refractivity contribution is 0.199. The van der Waals surface area contributed by atoms with Gasteiger partial charge >= 0.3 is 0 Å². The van der Waals surface area contributed by atoms with Crippen LogP contribution in [0.2, 0.25) is 5.02 Å². The van der Waals surface area contributed by atoms with Crippen molar-refractivity contribution >= 4 is 17.3 Å². The van der Waals surface area contributed by atoms with Crippen molar-refractivity contribution in [2.45, 2.75) is 45.8 Å². The number of methoxy groups -OCH3 is 1. The van der Waals surface area contributed by atoms with Crippen molar-refractivity contribution in [3.05, 3.63) is 28.8 Å². The van der Waals surface area contributed by atoms with Crippen LogP contribution in [0.3, 0.4) is 0 Å². The van der Waals surface area contributed by atoms with Gasteiger partial charge in [0.05, 0.1) is 23.4 Å². The third-order valence-electron chi connectivity index (χ3n) is 3.68. The molecule has 0 aliphatic rings. The van der Waals surface area contributed by atoms with Gasteiger partial charge in [-0.05, 0) is 37.5 Å². The zero-order valence-corrected chi connectivity index (χ0v) is 13.7. The molecule has 0 saturated carbocycles. The molecule has 0 bridgehead atoms. The highest BCUT2D eigenvalue weighted by Gasteiger charge is 2.18. The first kappa shape index (κ1) is 17.3. The predicted molar refractivity (Wildman–Crippen MR) is 85.7 cm³/mol. The lowest BCUT2D eigenvalue weighted by Gasteiger charge is -2.33. The van der Waals surface area contributed by atoms with Crippen molar-refractivity contribution in [2.24, 2.45) is 0 Å². The van der Waals surface area contributed by atoms with E-state index in [1.54, 1.807) is 14.0 Å². The highest BCUT2D eigenvalue weighted by atomic mass is 35.5. The summed E-state index contributed by atoms with van der Waals surface area (Å²) >= 11 is 6.41. The molecule has 3 nitrogen and oxygen atoms in total. The molecule has 0 spiro atoms. The second-order valence-electron chi connectivity index (χ2n) is 5.04. The zero-order valence-electron chi connectivity index (χ0n) is 12.9. The summed E-state index contributed by atoms with van der Waals surface area (Å²) in [5, 5.41) is 10.3. The molecule has 4 heteroatoms. The first-order chi connectivity index (χ1) is 9.54. The van der Waals surface area contributed by atoms with Crippen LogP contribution in [0.1, 0.15) is 45.3 Å². The van der Waals surface area contributed by atoms with Crippen LogP contribution in [0, 0.1) is 0 Å². The average Bonchev–Trinajstić information content (AvgIpc) is 2.43. The topological polar surface area (TPSA) is 32.7 Å². The molecule has 1 unspecified atom stereocenters. The van der Waals surface area contributed by atoms with Gasteiger partial charge in [-0.3, -0.25) is 0 Å². The van der Waals surface area contributed by atoms with Crippen LogP contribution in [0.5, 0.6) is 0 Å². The molecule has 0 amide bonds. The highest BCUT2D eigenvalue weighted by molar-refractivity contribution is 6.33. The minimum atomic E-state index is -0.498. The molecule has 1 aromatic carbocycles. The molecule has 0 aliphatic heterocycles. The van der Waals surface area contributed by atoms with Crippen LogP contribution in [0.15, 0.2) is 18.2 Å². The maximum absolute atomic E-state index is 9.63. The predicted octanol–water partition coefficient (Wildman–Crippen LogP) is 4.03. The quantitative estimate of drug-likeness (QED) is 0.786. The summed E-state index contributed by atoms with van der Waals surface area (Å²) in [6, 6.07) is 6.23. The van der Waals surface area contributed by atoms with Crippen molar-refractivity contribution < 1.29 is 9.84 Å². The first-order valence-electron chi connectivity index (χ1n) is 7.28. The Kier molecular flexibility index (Phi) is 7.35. The van der Waals surface area contributed by atoms with E-state index in [1.165, 1.54) is 0 Å². The van der Waals surface area contributed by atoms with E-state index in [9.17, 15) is 5.11 Å². The van der Waals surface area contributed by atoms with E-state index >= 15 is 0 Å². The smallest absolute Gasteiger partial charge is 0.0762 e. The van der Waals surface area contributed by atoms with E-state index in [4.69, 9.17) is 16.3 Å². The third-order valence-corrected chi connectivity index (χ3v) is 3.99. The summed E-state index contributed by atoms with van der Waals surface area (Å²) in [5.41, 5.74) is 1.86. The molecule has 1 rings (SSSR count). The number of anilines is 1. The lowest BCUT2D eigenvalue weighted by atomic mass is 10.1. The molecule has 1 N–H and O–H groups in total. The van der Waals surface area contributed by atoms with Gasteiger partial charge in [0.15, 0.2) is 0 Å². The van der Waals surface area contributed by atoms with E-state index in [1.807, 2.05) is 18.2 Å². The number of benzene rings is 1. The normalized spacial score (nSPS) is 12.8. The van der Waals surface area contributed by atoms with Gasteiger partial charge in [0.2, 0.25) is 0 Å². The molecule has 0 aliphatic carbocycles.